The van der Waals surface area contributed by atoms with Crippen LogP contribution >= 0.6 is 0 Å². The summed E-state index contributed by atoms with van der Waals surface area (Å²) in [6, 6.07) is 12.1. The molecule has 0 N–H and O–H groups in total. The molecular formula is C17H16N6. The minimum absolute atomic E-state index is 0.500. The van der Waals surface area contributed by atoms with Gasteiger partial charge in [0.2, 0.25) is 5.82 Å². The average Bonchev–Trinajstić information content (AvgIpc) is 3.14. The molecule has 0 aliphatic carbocycles. The molecule has 6 nitrogen and oxygen atoms in total. The highest BCUT2D eigenvalue weighted by atomic mass is 15.6. The summed E-state index contributed by atoms with van der Waals surface area (Å²) in [5.41, 5.74) is 5.20. The highest BCUT2D eigenvalue weighted by molar-refractivity contribution is 5.54. The van der Waals surface area contributed by atoms with Crippen molar-refractivity contribution in [3.8, 4) is 11.4 Å². The third-order valence-electron chi connectivity index (χ3n) is 3.71. The van der Waals surface area contributed by atoms with Crippen LogP contribution in [0.4, 0.5) is 0 Å². The van der Waals surface area contributed by atoms with Gasteiger partial charge in [0.1, 0.15) is 12.2 Å². The van der Waals surface area contributed by atoms with E-state index in [-0.39, 0.29) is 0 Å². The lowest BCUT2D eigenvalue weighted by Gasteiger charge is -1.95. The molecule has 4 rings (SSSR count). The Morgan fingerprint density at radius 1 is 0.913 bits per heavy atom. The molecule has 0 saturated heterocycles. The number of imidazole rings is 1. The van der Waals surface area contributed by atoms with Gasteiger partial charge in [-0.2, -0.15) is 4.80 Å². The van der Waals surface area contributed by atoms with Crippen LogP contribution in [0.3, 0.4) is 0 Å². The first kappa shape index (κ1) is 13.6. The fourth-order valence-corrected chi connectivity index (χ4v) is 2.51. The van der Waals surface area contributed by atoms with Gasteiger partial charge in [0.05, 0.1) is 5.69 Å². The minimum Gasteiger partial charge on any atom is -0.306 e. The molecule has 3 heterocycles. The van der Waals surface area contributed by atoms with Crippen molar-refractivity contribution in [3.63, 3.8) is 0 Å². The van der Waals surface area contributed by atoms with Gasteiger partial charge >= 0.3 is 0 Å². The molecule has 0 amide bonds. The molecule has 0 saturated carbocycles. The number of pyridine rings is 1. The Labute approximate surface area is 133 Å². The van der Waals surface area contributed by atoms with Gasteiger partial charge in [0.15, 0.2) is 0 Å². The maximum atomic E-state index is 4.58. The summed E-state index contributed by atoms with van der Waals surface area (Å²) in [5, 5.41) is 12.7. The van der Waals surface area contributed by atoms with Crippen LogP contribution in [0.15, 0.2) is 48.8 Å². The quantitative estimate of drug-likeness (QED) is 0.584. The van der Waals surface area contributed by atoms with E-state index in [1.54, 1.807) is 4.80 Å². The maximum Gasteiger partial charge on any atom is 0.204 e. The average molecular weight is 304 g/mol. The van der Waals surface area contributed by atoms with E-state index in [0.29, 0.717) is 12.4 Å². The number of rotatable bonds is 3. The third-order valence-corrected chi connectivity index (χ3v) is 3.71. The summed E-state index contributed by atoms with van der Waals surface area (Å²) < 4.78 is 2.02. The number of fused-ring (bicyclic) bond motifs is 1. The van der Waals surface area contributed by atoms with Crippen LogP contribution in [0.25, 0.3) is 17.0 Å². The second kappa shape index (κ2) is 5.31. The van der Waals surface area contributed by atoms with E-state index in [0.717, 1.165) is 16.9 Å². The Morgan fingerprint density at radius 2 is 1.70 bits per heavy atom. The molecule has 0 aliphatic heterocycles. The molecule has 114 valence electrons. The Kier molecular flexibility index (Phi) is 3.15. The van der Waals surface area contributed by atoms with Crippen molar-refractivity contribution in [1.29, 1.82) is 0 Å². The van der Waals surface area contributed by atoms with Crippen molar-refractivity contribution in [2.45, 2.75) is 20.4 Å². The summed E-state index contributed by atoms with van der Waals surface area (Å²) in [5.74, 6) is 0.629. The number of nitrogens with zero attached hydrogens (tertiary/aromatic N) is 6. The first-order valence-corrected chi connectivity index (χ1v) is 7.46. The molecule has 0 atom stereocenters. The van der Waals surface area contributed by atoms with E-state index in [2.05, 4.69) is 46.5 Å². The molecule has 23 heavy (non-hydrogen) atoms. The predicted octanol–water partition coefficient (Wildman–Crippen LogP) is 2.65. The fraction of sp³-hybridized carbons (Fsp3) is 0.176. The van der Waals surface area contributed by atoms with E-state index in [1.807, 2.05) is 40.9 Å². The Morgan fingerprint density at radius 3 is 2.52 bits per heavy atom. The largest absolute Gasteiger partial charge is 0.306 e. The number of benzene rings is 1. The molecule has 6 heteroatoms. The zero-order valence-corrected chi connectivity index (χ0v) is 13.0. The number of aryl methyl sites for hydroxylation is 2. The number of aromatic nitrogens is 6. The van der Waals surface area contributed by atoms with Crippen molar-refractivity contribution in [2.24, 2.45) is 0 Å². The van der Waals surface area contributed by atoms with Gasteiger partial charge in [0.25, 0.3) is 0 Å². The number of tetrazole rings is 1. The van der Waals surface area contributed by atoms with E-state index in [9.17, 15) is 0 Å². The van der Waals surface area contributed by atoms with E-state index in [4.69, 9.17) is 0 Å². The number of hydrogen-bond acceptors (Lipinski definition) is 4. The molecule has 1 aromatic carbocycles. The van der Waals surface area contributed by atoms with Gasteiger partial charge in [-0.25, -0.2) is 4.98 Å². The first-order chi connectivity index (χ1) is 11.2. The second-order valence-corrected chi connectivity index (χ2v) is 5.71. The lowest BCUT2D eigenvalue weighted by molar-refractivity contribution is 0.566. The molecule has 0 bridgehead atoms. The van der Waals surface area contributed by atoms with Crippen LogP contribution in [-0.4, -0.2) is 29.6 Å². The van der Waals surface area contributed by atoms with Gasteiger partial charge in [-0.3, -0.25) is 0 Å². The lowest BCUT2D eigenvalue weighted by atomic mass is 10.1. The Bertz CT molecular complexity index is 964. The molecule has 0 fully saturated rings. The minimum atomic E-state index is 0.500. The van der Waals surface area contributed by atoms with Crippen molar-refractivity contribution < 1.29 is 0 Å². The standard InChI is InChI=1S/C17H16N6/c1-12-3-6-14(7-4-12)17-19-21-23(20-17)11-15-10-22-9-13(2)5-8-16(22)18-15/h3-10H,11H2,1-2H3. The smallest absolute Gasteiger partial charge is 0.204 e. The van der Waals surface area contributed by atoms with Crippen LogP contribution in [0.5, 0.6) is 0 Å². The maximum absolute atomic E-state index is 4.58. The molecule has 4 aromatic rings. The highest BCUT2D eigenvalue weighted by Gasteiger charge is 2.08. The molecule has 0 unspecified atom stereocenters. The summed E-state index contributed by atoms with van der Waals surface area (Å²) in [7, 11) is 0. The summed E-state index contributed by atoms with van der Waals surface area (Å²) in [6.07, 6.45) is 4.05. The van der Waals surface area contributed by atoms with Crippen LogP contribution in [0.1, 0.15) is 16.8 Å². The van der Waals surface area contributed by atoms with Gasteiger partial charge in [-0.15, -0.1) is 10.2 Å². The SMILES string of the molecule is Cc1ccc(-c2nnn(Cc3cn4cc(C)ccc4n3)n2)cc1. The van der Waals surface area contributed by atoms with Crippen molar-refractivity contribution in [1.82, 2.24) is 29.6 Å². The van der Waals surface area contributed by atoms with Gasteiger partial charge in [-0.05, 0) is 30.7 Å². The zero-order valence-electron chi connectivity index (χ0n) is 13.0. The van der Waals surface area contributed by atoms with E-state index < -0.39 is 0 Å². The number of hydrogen-bond donors (Lipinski definition) is 0. The normalized spacial score (nSPS) is 11.2. The monoisotopic (exact) mass is 304 g/mol. The van der Waals surface area contributed by atoms with Gasteiger partial charge < -0.3 is 4.40 Å². The van der Waals surface area contributed by atoms with Crippen LogP contribution < -0.4 is 0 Å². The fourth-order valence-electron chi connectivity index (χ4n) is 2.51. The molecule has 0 radical (unpaired) electrons. The first-order valence-electron chi connectivity index (χ1n) is 7.46. The van der Waals surface area contributed by atoms with Crippen LogP contribution in [-0.2, 0) is 6.54 Å². The Balaban J connectivity index is 1.60. The molecule has 3 aromatic heterocycles. The second-order valence-electron chi connectivity index (χ2n) is 5.71. The van der Waals surface area contributed by atoms with Crippen LogP contribution in [0, 0.1) is 13.8 Å². The van der Waals surface area contributed by atoms with Crippen molar-refractivity contribution in [3.05, 3.63) is 65.6 Å². The van der Waals surface area contributed by atoms with E-state index in [1.165, 1.54) is 11.1 Å². The van der Waals surface area contributed by atoms with Crippen molar-refractivity contribution in [2.75, 3.05) is 0 Å². The van der Waals surface area contributed by atoms with Crippen LogP contribution in [0.2, 0.25) is 0 Å². The highest BCUT2D eigenvalue weighted by Crippen LogP contribution is 2.14. The summed E-state index contributed by atoms with van der Waals surface area (Å²) >= 11 is 0. The topological polar surface area (TPSA) is 60.9 Å². The summed E-state index contributed by atoms with van der Waals surface area (Å²) in [6.45, 7) is 4.62. The molecule has 0 aliphatic rings. The third kappa shape index (κ3) is 2.70. The van der Waals surface area contributed by atoms with E-state index >= 15 is 0 Å². The Hall–Kier alpha value is -3.02. The predicted molar refractivity (Wildman–Crippen MR) is 87.0 cm³/mol. The summed E-state index contributed by atoms with van der Waals surface area (Å²) in [4.78, 5) is 6.15. The van der Waals surface area contributed by atoms with Crippen molar-refractivity contribution >= 4 is 5.65 Å². The molecular weight excluding hydrogens is 288 g/mol. The zero-order chi connectivity index (χ0) is 15.8. The molecule has 0 spiro atoms. The van der Waals surface area contributed by atoms with Gasteiger partial charge in [0, 0.05) is 18.0 Å². The van der Waals surface area contributed by atoms with Gasteiger partial charge in [-0.1, -0.05) is 35.9 Å². The lowest BCUT2D eigenvalue weighted by Crippen LogP contribution is -2.04.